The summed E-state index contributed by atoms with van der Waals surface area (Å²) in [7, 11) is 1.85. The second kappa shape index (κ2) is 5.99. The first-order chi connectivity index (χ1) is 10.2. The van der Waals surface area contributed by atoms with Gasteiger partial charge in [0.25, 0.3) is 5.91 Å². The van der Waals surface area contributed by atoms with Gasteiger partial charge < -0.3 is 14.8 Å². The molecule has 1 aliphatic rings. The van der Waals surface area contributed by atoms with E-state index in [1.165, 1.54) is 19.3 Å². The monoisotopic (exact) mass is 284 g/mol. The van der Waals surface area contributed by atoms with E-state index in [9.17, 15) is 4.79 Å². The van der Waals surface area contributed by atoms with E-state index < -0.39 is 0 Å². The van der Waals surface area contributed by atoms with Crippen LogP contribution in [0.25, 0.3) is 0 Å². The zero-order valence-corrected chi connectivity index (χ0v) is 12.2. The zero-order chi connectivity index (χ0) is 14.7. The lowest BCUT2D eigenvalue weighted by Gasteiger charge is -2.28. The van der Waals surface area contributed by atoms with E-state index in [1.807, 2.05) is 37.6 Å². The van der Waals surface area contributed by atoms with E-state index in [1.54, 1.807) is 10.6 Å². The molecule has 2 aromatic rings. The molecule has 0 aliphatic carbocycles. The van der Waals surface area contributed by atoms with Crippen molar-refractivity contribution in [3.8, 4) is 0 Å². The molecular weight excluding hydrogens is 264 g/mol. The number of pyridine rings is 1. The molecule has 0 bridgehead atoms. The molecule has 5 heteroatoms. The van der Waals surface area contributed by atoms with Crippen molar-refractivity contribution in [1.82, 2.24) is 9.55 Å². The zero-order valence-electron chi connectivity index (χ0n) is 12.2. The number of nitrogens with zero attached hydrogens (tertiary/aromatic N) is 3. The first-order valence-electron chi connectivity index (χ1n) is 7.38. The molecule has 0 atom stereocenters. The fourth-order valence-electron chi connectivity index (χ4n) is 2.68. The standard InChI is InChI=1S/C16H20N4O/c1-19-9-5-6-14(19)16(21)18-15-8-7-13(12-17-15)20-10-3-2-4-11-20/h5-9,12H,2-4,10-11H2,1H3,(H,17,18,21). The van der Waals surface area contributed by atoms with Crippen LogP contribution in [0.4, 0.5) is 11.5 Å². The van der Waals surface area contributed by atoms with Crippen molar-refractivity contribution in [3.63, 3.8) is 0 Å². The van der Waals surface area contributed by atoms with Gasteiger partial charge in [-0.3, -0.25) is 4.79 Å². The summed E-state index contributed by atoms with van der Waals surface area (Å²) in [6, 6.07) is 7.53. The van der Waals surface area contributed by atoms with Gasteiger partial charge in [0.1, 0.15) is 11.5 Å². The third-order valence-corrected chi connectivity index (χ3v) is 3.89. The van der Waals surface area contributed by atoms with Crippen LogP contribution in [0.2, 0.25) is 0 Å². The highest BCUT2D eigenvalue weighted by Crippen LogP contribution is 2.20. The van der Waals surface area contributed by atoms with Gasteiger partial charge in [0.15, 0.2) is 0 Å². The second-order valence-electron chi connectivity index (χ2n) is 5.41. The van der Waals surface area contributed by atoms with Gasteiger partial charge in [0.2, 0.25) is 0 Å². The van der Waals surface area contributed by atoms with Crippen LogP contribution in [-0.4, -0.2) is 28.5 Å². The van der Waals surface area contributed by atoms with Crippen molar-refractivity contribution in [2.75, 3.05) is 23.3 Å². The summed E-state index contributed by atoms with van der Waals surface area (Å²) in [6.45, 7) is 2.19. The molecule has 0 aromatic carbocycles. The Bertz CT molecular complexity index is 611. The number of aryl methyl sites for hydroxylation is 1. The average Bonchev–Trinajstić information content (AvgIpc) is 2.95. The first kappa shape index (κ1) is 13.7. The fraction of sp³-hybridized carbons (Fsp3) is 0.375. The molecule has 1 amide bonds. The molecule has 0 saturated carbocycles. The summed E-state index contributed by atoms with van der Waals surface area (Å²) in [5.41, 5.74) is 1.75. The molecule has 1 N–H and O–H groups in total. The minimum Gasteiger partial charge on any atom is -0.370 e. The van der Waals surface area contributed by atoms with Crippen LogP contribution in [0.15, 0.2) is 36.7 Å². The Kier molecular flexibility index (Phi) is 3.90. The highest BCUT2D eigenvalue weighted by Gasteiger charge is 2.12. The summed E-state index contributed by atoms with van der Waals surface area (Å²) in [4.78, 5) is 18.8. The lowest BCUT2D eigenvalue weighted by Crippen LogP contribution is -2.29. The van der Waals surface area contributed by atoms with Crippen molar-refractivity contribution in [2.45, 2.75) is 19.3 Å². The average molecular weight is 284 g/mol. The Morgan fingerprint density at radius 1 is 1.19 bits per heavy atom. The van der Waals surface area contributed by atoms with Gasteiger partial charge in [0, 0.05) is 26.3 Å². The van der Waals surface area contributed by atoms with Crippen LogP contribution in [-0.2, 0) is 7.05 Å². The quantitative estimate of drug-likeness (QED) is 0.942. The highest BCUT2D eigenvalue weighted by molar-refractivity contribution is 6.02. The van der Waals surface area contributed by atoms with Gasteiger partial charge >= 0.3 is 0 Å². The van der Waals surface area contributed by atoms with Gasteiger partial charge in [-0.15, -0.1) is 0 Å². The lowest BCUT2D eigenvalue weighted by molar-refractivity contribution is 0.101. The molecule has 3 rings (SSSR count). The molecule has 110 valence electrons. The third-order valence-electron chi connectivity index (χ3n) is 3.89. The molecule has 1 saturated heterocycles. The predicted molar refractivity (Wildman–Crippen MR) is 83.7 cm³/mol. The third kappa shape index (κ3) is 3.07. The molecule has 1 fully saturated rings. The van der Waals surface area contributed by atoms with Gasteiger partial charge in [-0.05, 0) is 43.5 Å². The maximum absolute atomic E-state index is 12.1. The molecule has 3 heterocycles. The van der Waals surface area contributed by atoms with Crippen LogP contribution in [0.3, 0.4) is 0 Å². The number of anilines is 2. The van der Waals surface area contributed by atoms with Crippen molar-refractivity contribution in [1.29, 1.82) is 0 Å². The summed E-state index contributed by atoms with van der Waals surface area (Å²) in [5.74, 6) is 0.447. The maximum Gasteiger partial charge on any atom is 0.273 e. The molecule has 21 heavy (non-hydrogen) atoms. The van der Waals surface area contributed by atoms with E-state index in [4.69, 9.17) is 0 Å². The van der Waals surface area contributed by atoms with Crippen LogP contribution >= 0.6 is 0 Å². The minimum absolute atomic E-state index is 0.138. The van der Waals surface area contributed by atoms with Crippen LogP contribution in [0, 0.1) is 0 Å². The van der Waals surface area contributed by atoms with Crippen LogP contribution < -0.4 is 10.2 Å². The number of rotatable bonds is 3. The lowest BCUT2D eigenvalue weighted by atomic mass is 10.1. The Morgan fingerprint density at radius 2 is 2.00 bits per heavy atom. The van der Waals surface area contributed by atoms with Gasteiger partial charge in [-0.25, -0.2) is 4.98 Å². The van der Waals surface area contributed by atoms with Crippen LogP contribution in [0.5, 0.6) is 0 Å². The molecule has 2 aromatic heterocycles. The highest BCUT2D eigenvalue weighted by atomic mass is 16.2. The number of piperidine rings is 1. The summed E-state index contributed by atoms with van der Waals surface area (Å²) >= 11 is 0. The SMILES string of the molecule is Cn1cccc1C(=O)Nc1ccc(N2CCCCC2)cn1. The molecule has 1 aliphatic heterocycles. The van der Waals surface area contributed by atoms with Gasteiger partial charge in [0.05, 0.1) is 11.9 Å². The van der Waals surface area contributed by atoms with Gasteiger partial charge in [-0.1, -0.05) is 0 Å². The maximum atomic E-state index is 12.1. The van der Waals surface area contributed by atoms with Crippen molar-refractivity contribution >= 4 is 17.4 Å². The molecule has 0 unspecified atom stereocenters. The Hall–Kier alpha value is -2.30. The Morgan fingerprint density at radius 3 is 2.62 bits per heavy atom. The van der Waals surface area contributed by atoms with Crippen molar-refractivity contribution in [3.05, 3.63) is 42.4 Å². The van der Waals surface area contributed by atoms with Crippen molar-refractivity contribution in [2.24, 2.45) is 7.05 Å². The summed E-state index contributed by atoms with van der Waals surface area (Å²) in [6.07, 6.45) is 7.49. The Labute approximate surface area is 124 Å². The number of nitrogens with one attached hydrogen (secondary N) is 1. The van der Waals surface area contributed by atoms with E-state index >= 15 is 0 Å². The number of amides is 1. The number of aromatic nitrogens is 2. The fourth-order valence-corrected chi connectivity index (χ4v) is 2.68. The first-order valence-corrected chi connectivity index (χ1v) is 7.38. The summed E-state index contributed by atoms with van der Waals surface area (Å²) < 4.78 is 1.79. The number of carbonyl (C=O) groups excluding carboxylic acids is 1. The van der Waals surface area contributed by atoms with E-state index in [0.29, 0.717) is 11.5 Å². The smallest absolute Gasteiger partial charge is 0.273 e. The van der Waals surface area contributed by atoms with Crippen molar-refractivity contribution < 1.29 is 4.79 Å². The van der Waals surface area contributed by atoms with Gasteiger partial charge in [-0.2, -0.15) is 0 Å². The normalized spacial score (nSPS) is 15.0. The molecule has 0 spiro atoms. The molecule has 0 radical (unpaired) electrons. The van der Waals surface area contributed by atoms with E-state index in [-0.39, 0.29) is 5.91 Å². The number of hydrogen-bond donors (Lipinski definition) is 1. The summed E-state index contributed by atoms with van der Waals surface area (Å²) in [5, 5.41) is 2.83. The number of carbonyl (C=O) groups is 1. The predicted octanol–water partition coefficient (Wildman–Crippen LogP) is 2.66. The number of hydrogen-bond acceptors (Lipinski definition) is 3. The second-order valence-corrected chi connectivity index (χ2v) is 5.41. The van der Waals surface area contributed by atoms with E-state index in [2.05, 4.69) is 15.2 Å². The topological polar surface area (TPSA) is 50.2 Å². The Balaban J connectivity index is 1.67. The molecular formula is C16H20N4O. The van der Waals surface area contributed by atoms with E-state index in [0.717, 1.165) is 18.8 Å². The largest absolute Gasteiger partial charge is 0.370 e. The molecule has 5 nitrogen and oxygen atoms in total. The van der Waals surface area contributed by atoms with Crippen LogP contribution in [0.1, 0.15) is 29.8 Å². The minimum atomic E-state index is -0.138.